The molecule has 2 aromatic carbocycles. The summed E-state index contributed by atoms with van der Waals surface area (Å²) in [7, 11) is 1.82. The van der Waals surface area contributed by atoms with Crippen molar-refractivity contribution in [2.24, 2.45) is 12.1 Å². The number of nitrogens with one attached hydrogen (secondary N) is 2. The molecule has 9 heteroatoms. The quantitative estimate of drug-likeness (QED) is 0.326. The van der Waals surface area contributed by atoms with E-state index >= 15 is 0 Å². The minimum atomic E-state index is -0.385. The SMILES string of the molecule is C/C(=N\NC(=O)SNc1ccc(Br)cc1)c1c(C)n(C)n(-c2ccccc2)c1=O. The summed E-state index contributed by atoms with van der Waals surface area (Å²) in [5, 5.41) is 3.73. The Balaban J connectivity index is 1.73. The first-order valence-corrected chi connectivity index (χ1v) is 10.4. The Hall–Kier alpha value is -2.78. The molecule has 0 unspecified atom stereocenters. The molecule has 3 rings (SSSR count). The van der Waals surface area contributed by atoms with E-state index in [-0.39, 0.29) is 10.8 Å². The number of carbonyl (C=O) groups is 1. The van der Waals surface area contributed by atoms with Crippen LogP contribution in [0.15, 0.2) is 69.0 Å². The summed E-state index contributed by atoms with van der Waals surface area (Å²) < 4.78 is 7.25. The van der Waals surface area contributed by atoms with Gasteiger partial charge in [-0.1, -0.05) is 34.1 Å². The molecule has 2 N–H and O–H groups in total. The van der Waals surface area contributed by atoms with Crippen LogP contribution in [0.1, 0.15) is 18.2 Å². The van der Waals surface area contributed by atoms with E-state index in [9.17, 15) is 9.59 Å². The Bertz CT molecular complexity index is 1100. The summed E-state index contributed by atoms with van der Waals surface area (Å²) in [5.74, 6) is 0. The van der Waals surface area contributed by atoms with Gasteiger partial charge in [-0.15, -0.1) is 0 Å². The number of halogens is 1. The summed E-state index contributed by atoms with van der Waals surface area (Å²) in [6, 6.07) is 16.8. The zero-order valence-electron chi connectivity index (χ0n) is 16.1. The van der Waals surface area contributed by atoms with Crippen molar-refractivity contribution in [1.82, 2.24) is 14.8 Å². The van der Waals surface area contributed by atoms with E-state index in [1.54, 1.807) is 16.3 Å². The molecule has 1 amide bonds. The zero-order valence-corrected chi connectivity index (χ0v) is 18.5. The maximum absolute atomic E-state index is 13.0. The van der Waals surface area contributed by atoms with Crippen LogP contribution in [0.2, 0.25) is 0 Å². The fourth-order valence-electron chi connectivity index (χ4n) is 2.82. The van der Waals surface area contributed by atoms with Crippen molar-refractivity contribution in [2.75, 3.05) is 4.72 Å². The highest BCUT2D eigenvalue weighted by atomic mass is 79.9. The van der Waals surface area contributed by atoms with Crippen molar-refractivity contribution >= 4 is 44.5 Å². The van der Waals surface area contributed by atoms with Crippen molar-refractivity contribution in [2.45, 2.75) is 13.8 Å². The van der Waals surface area contributed by atoms with Gasteiger partial charge in [0.15, 0.2) is 0 Å². The number of amides is 1. The maximum atomic E-state index is 13.0. The summed E-state index contributed by atoms with van der Waals surface area (Å²) in [6.45, 7) is 3.55. The lowest BCUT2D eigenvalue weighted by atomic mass is 10.2. The summed E-state index contributed by atoms with van der Waals surface area (Å²) in [6.07, 6.45) is 0. The first kappa shape index (κ1) is 20.9. The van der Waals surface area contributed by atoms with Gasteiger partial charge in [-0.05, 0) is 50.2 Å². The number of aromatic nitrogens is 2. The smallest absolute Gasteiger partial charge is 0.319 e. The van der Waals surface area contributed by atoms with E-state index in [1.807, 2.05) is 68.6 Å². The largest absolute Gasteiger partial charge is 0.322 e. The zero-order chi connectivity index (χ0) is 21.0. The van der Waals surface area contributed by atoms with E-state index in [2.05, 4.69) is 31.2 Å². The standard InChI is InChI=1S/C20H20BrN5O2S/c1-13(22-23-20(28)29-24-16-11-9-15(21)10-12-16)18-14(2)25(3)26(19(18)27)17-7-5-4-6-8-17/h4-12,24H,1-3H3,(H,23,28)/b22-13+. The monoisotopic (exact) mass is 473 g/mol. The number of nitrogens with zero attached hydrogens (tertiary/aromatic N) is 3. The van der Waals surface area contributed by atoms with E-state index in [1.165, 1.54) is 0 Å². The minimum Gasteiger partial charge on any atom is -0.322 e. The Kier molecular flexibility index (Phi) is 6.60. The molecule has 0 aliphatic carbocycles. The molecule has 0 bridgehead atoms. The van der Waals surface area contributed by atoms with Crippen molar-refractivity contribution in [3.63, 3.8) is 0 Å². The van der Waals surface area contributed by atoms with Crippen molar-refractivity contribution in [3.05, 3.63) is 80.7 Å². The van der Waals surface area contributed by atoms with E-state index < -0.39 is 0 Å². The molecule has 0 saturated heterocycles. The molecule has 0 aliphatic heterocycles. The fraction of sp³-hybridized carbons (Fsp3) is 0.150. The lowest BCUT2D eigenvalue weighted by molar-refractivity contribution is 0.261. The van der Waals surface area contributed by atoms with Gasteiger partial charge in [-0.25, -0.2) is 10.1 Å². The summed E-state index contributed by atoms with van der Waals surface area (Å²) in [5.41, 5.74) is 5.50. The average molecular weight is 474 g/mol. The van der Waals surface area contributed by atoms with Crippen LogP contribution < -0.4 is 15.7 Å². The van der Waals surface area contributed by atoms with Crippen LogP contribution in [-0.2, 0) is 7.05 Å². The van der Waals surface area contributed by atoms with E-state index in [0.29, 0.717) is 11.3 Å². The number of benzene rings is 2. The number of carbonyl (C=O) groups excluding carboxylic acids is 1. The molecule has 0 atom stereocenters. The molecule has 150 valence electrons. The number of hydrogen-bond acceptors (Lipinski definition) is 5. The normalized spacial score (nSPS) is 11.4. The molecule has 0 spiro atoms. The topological polar surface area (TPSA) is 80.4 Å². The Morgan fingerprint density at radius 2 is 1.76 bits per heavy atom. The number of para-hydroxylation sites is 1. The maximum Gasteiger partial charge on any atom is 0.319 e. The molecular formula is C20H20BrN5O2S. The number of hydrogen-bond donors (Lipinski definition) is 2. The number of rotatable bonds is 5. The van der Waals surface area contributed by atoms with Crippen LogP contribution in [0.5, 0.6) is 0 Å². The molecule has 0 saturated carbocycles. The molecule has 3 aromatic rings. The molecule has 0 radical (unpaired) electrons. The first-order valence-electron chi connectivity index (χ1n) is 8.75. The van der Waals surface area contributed by atoms with Crippen LogP contribution in [0.4, 0.5) is 10.5 Å². The second kappa shape index (κ2) is 9.15. The highest BCUT2D eigenvalue weighted by Gasteiger charge is 2.18. The van der Waals surface area contributed by atoms with Crippen LogP contribution in [0.3, 0.4) is 0 Å². The van der Waals surface area contributed by atoms with Gasteiger partial charge in [0, 0.05) is 34.8 Å². The molecule has 0 fully saturated rings. The number of hydrazone groups is 1. The van der Waals surface area contributed by atoms with Gasteiger partial charge in [0.05, 0.1) is 17.0 Å². The van der Waals surface area contributed by atoms with Crippen LogP contribution >= 0.6 is 27.9 Å². The molecule has 0 aliphatic rings. The van der Waals surface area contributed by atoms with Gasteiger partial charge in [-0.3, -0.25) is 14.3 Å². The molecule has 29 heavy (non-hydrogen) atoms. The van der Waals surface area contributed by atoms with Gasteiger partial charge < -0.3 is 4.72 Å². The molecule has 7 nitrogen and oxygen atoms in total. The lowest BCUT2D eigenvalue weighted by Gasteiger charge is -2.07. The highest BCUT2D eigenvalue weighted by Crippen LogP contribution is 2.17. The minimum absolute atomic E-state index is 0.188. The summed E-state index contributed by atoms with van der Waals surface area (Å²) in [4.78, 5) is 25.0. The van der Waals surface area contributed by atoms with Crippen molar-refractivity contribution < 1.29 is 4.79 Å². The third kappa shape index (κ3) is 4.80. The van der Waals surface area contributed by atoms with E-state index in [4.69, 9.17) is 0 Å². The number of anilines is 1. The van der Waals surface area contributed by atoms with Crippen LogP contribution in [0, 0.1) is 6.92 Å². The second-order valence-electron chi connectivity index (χ2n) is 6.24. The Labute approximate surface area is 181 Å². The molecule has 1 heterocycles. The summed E-state index contributed by atoms with van der Waals surface area (Å²) >= 11 is 4.24. The van der Waals surface area contributed by atoms with Crippen molar-refractivity contribution in [3.8, 4) is 5.69 Å². The Morgan fingerprint density at radius 3 is 2.41 bits per heavy atom. The second-order valence-corrected chi connectivity index (χ2v) is 7.94. The molecular weight excluding hydrogens is 454 g/mol. The van der Waals surface area contributed by atoms with Crippen LogP contribution in [-0.4, -0.2) is 20.3 Å². The van der Waals surface area contributed by atoms with Gasteiger partial charge >= 0.3 is 5.24 Å². The van der Waals surface area contributed by atoms with Gasteiger partial charge in [0.25, 0.3) is 5.56 Å². The predicted molar refractivity (Wildman–Crippen MR) is 122 cm³/mol. The third-order valence-corrected chi connectivity index (χ3v) is 5.48. The lowest BCUT2D eigenvalue weighted by Crippen LogP contribution is -2.23. The average Bonchev–Trinajstić information content (AvgIpc) is 2.95. The molecule has 1 aromatic heterocycles. The fourth-order valence-corrected chi connectivity index (χ4v) is 3.52. The van der Waals surface area contributed by atoms with E-state index in [0.717, 1.165) is 33.5 Å². The Morgan fingerprint density at radius 1 is 1.10 bits per heavy atom. The van der Waals surface area contributed by atoms with Crippen LogP contribution in [0.25, 0.3) is 5.69 Å². The van der Waals surface area contributed by atoms with Crippen molar-refractivity contribution in [1.29, 1.82) is 0 Å². The third-order valence-electron chi connectivity index (χ3n) is 4.34. The predicted octanol–water partition coefficient (Wildman–Crippen LogP) is 4.44. The highest BCUT2D eigenvalue weighted by molar-refractivity contribution is 9.10. The van der Waals surface area contributed by atoms with Gasteiger partial charge in [0.1, 0.15) is 0 Å². The first-order chi connectivity index (χ1) is 13.9. The van der Waals surface area contributed by atoms with Gasteiger partial charge in [0.2, 0.25) is 0 Å². The van der Waals surface area contributed by atoms with Gasteiger partial charge in [-0.2, -0.15) is 5.10 Å².